The summed E-state index contributed by atoms with van der Waals surface area (Å²) in [6.45, 7) is 6.46. The summed E-state index contributed by atoms with van der Waals surface area (Å²) in [6.07, 6.45) is 5.58. The minimum atomic E-state index is 0.0309. The lowest BCUT2D eigenvalue weighted by molar-refractivity contribution is -0.116. The molecule has 1 amide bonds. The number of benzene rings is 1. The molecule has 5 nitrogen and oxygen atoms in total. The van der Waals surface area contributed by atoms with Crippen LogP contribution in [0, 0.1) is 12.8 Å². The van der Waals surface area contributed by atoms with Crippen LogP contribution in [-0.2, 0) is 17.6 Å². The molecule has 1 heterocycles. The van der Waals surface area contributed by atoms with Gasteiger partial charge in [0.25, 0.3) is 0 Å². The molecule has 5 heteroatoms. The van der Waals surface area contributed by atoms with E-state index < -0.39 is 0 Å². The van der Waals surface area contributed by atoms with Gasteiger partial charge < -0.3 is 9.88 Å². The van der Waals surface area contributed by atoms with Crippen molar-refractivity contribution in [2.75, 3.05) is 5.32 Å². The fraction of sp³-hybridized carbons (Fsp3) is 0.550. The van der Waals surface area contributed by atoms with E-state index in [1.165, 1.54) is 12.8 Å². The van der Waals surface area contributed by atoms with Gasteiger partial charge in [0.05, 0.1) is 0 Å². The van der Waals surface area contributed by atoms with Gasteiger partial charge in [-0.05, 0) is 43.7 Å². The number of hydrogen-bond donors (Lipinski definition) is 1. The lowest BCUT2D eigenvalue weighted by Gasteiger charge is -2.11. The molecule has 0 radical (unpaired) electrons. The highest BCUT2D eigenvalue weighted by Gasteiger charge is 2.29. The van der Waals surface area contributed by atoms with Gasteiger partial charge in [-0.15, -0.1) is 10.2 Å². The van der Waals surface area contributed by atoms with Gasteiger partial charge in [0.2, 0.25) is 5.91 Å². The summed E-state index contributed by atoms with van der Waals surface area (Å²) in [4.78, 5) is 12.3. The Bertz CT molecular complexity index is 731. The number of aryl methyl sites for hydroxylation is 3. The van der Waals surface area contributed by atoms with Crippen molar-refractivity contribution < 1.29 is 4.79 Å². The number of carbonyl (C=O) groups excluding carboxylic acids is 1. The Kier molecular flexibility index (Phi) is 5.51. The van der Waals surface area contributed by atoms with Crippen LogP contribution in [0.2, 0.25) is 0 Å². The summed E-state index contributed by atoms with van der Waals surface area (Å²) >= 11 is 0. The third kappa shape index (κ3) is 4.68. The van der Waals surface area contributed by atoms with Crippen molar-refractivity contribution in [3.05, 3.63) is 41.5 Å². The minimum absolute atomic E-state index is 0.0309. The maximum Gasteiger partial charge on any atom is 0.224 e. The van der Waals surface area contributed by atoms with Crippen LogP contribution in [0.15, 0.2) is 24.3 Å². The lowest BCUT2D eigenvalue weighted by atomic mass is 10.1. The second kappa shape index (κ2) is 7.81. The largest absolute Gasteiger partial charge is 0.326 e. The molecule has 1 fully saturated rings. The first-order valence-electron chi connectivity index (χ1n) is 9.32. The zero-order valence-corrected chi connectivity index (χ0v) is 15.5. The summed E-state index contributed by atoms with van der Waals surface area (Å²) in [5.41, 5.74) is 1.96. The van der Waals surface area contributed by atoms with Crippen molar-refractivity contribution in [1.82, 2.24) is 14.8 Å². The second-order valence-electron chi connectivity index (χ2n) is 7.43. The average molecular weight is 340 g/mol. The fourth-order valence-corrected chi connectivity index (χ4v) is 3.02. The number of hydrogen-bond acceptors (Lipinski definition) is 3. The Labute approximate surface area is 149 Å². The number of nitrogens with zero attached hydrogens (tertiary/aromatic N) is 3. The van der Waals surface area contributed by atoms with Crippen molar-refractivity contribution in [1.29, 1.82) is 0 Å². The molecule has 3 rings (SSSR count). The standard InChI is InChI=1S/C20H28N4O/c1-14(2)8-11-18-22-23-19(24(18)16-9-10-16)12-13-20(25)21-17-7-5-4-6-15(17)3/h4-7,14,16H,8-13H2,1-3H3,(H,21,25). The van der Waals surface area contributed by atoms with E-state index in [9.17, 15) is 4.79 Å². The quantitative estimate of drug-likeness (QED) is 0.787. The van der Waals surface area contributed by atoms with Gasteiger partial charge in [-0.1, -0.05) is 32.0 Å². The molecule has 2 aromatic rings. The molecule has 0 spiro atoms. The van der Waals surface area contributed by atoms with E-state index in [0.717, 1.165) is 35.7 Å². The second-order valence-corrected chi connectivity index (χ2v) is 7.43. The van der Waals surface area contributed by atoms with E-state index in [1.54, 1.807) is 0 Å². The number of amides is 1. The highest BCUT2D eigenvalue weighted by atomic mass is 16.1. The van der Waals surface area contributed by atoms with Gasteiger partial charge in [-0.3, -0.25) is 4.79 Å². The Balaban J connectivity index is 1.61. The topological polar surface area (TPSA) is 59.8 Å². The Morgan fingerprint density at radius 1 is 1.20 bits per heavy atom. The van der Waals surface area contributed by atoms with Gasteiger partial charge in [0, 0.05) is 31.0 Å². The van der Waals surface area contributed by atoms with Gasteiger partial charge in [0.1, 0.15) is 11.6 Å². The van der Waals surface area contributed by atoms with Crippen molar-refractivity contribution >= 4 is 11.6 Å². The number of para-hydroxylation sites is 1. The van der Waals surface area contributed by atoms with Gasteiger partial charge in [-0.2, -0.15) is 0 Å². The van der Waals surface area contributed by atoms with E-state index in [0.29, 0.717) is 24.8 Å². The molecule has 25 heavy (non-hydrogen) atoms. The predicted octanol–water partition coefficient (Wildman–Crippen LogP) is 4.08. The fourth-order valence-electron chi connectivity index (χ4n) is 3.02. The molecule has 1 N–H and O–H groups in total. The minimum Gasteiger partial charge on any atom is -0.326 e. The smallest absolute Gasteiger partial charge is 0.224 e. The van der Waals surface area contributed by atoms with Crippen molar-refractivity contribution in [2.24, 2.45) is 5.92 Å². The molecule has 0 saturated heterocycles. The highest BCUT2D eigenvalue weighted by Crippen LogP contribution is 2.37. The summed E-state index contributed by atoms with van der Waals surface area (Å²) in [5, 5.41) is 11.8. The van der Waals surface area contributed by atoms with E-state index in [1.807, 2.05) is 31.2 Å². The van der Waals surface area contributed by atoms with Crippen LogP contribution in [0.5, 0.6) is 0 Å². The maximum atomic E-state index is 12.3. The van der Waals surface area contributed by atoms with Crippen molar-refractivity contribution in [2.45, 2.75) is 65.3 Å². The van der Waals surface area contributed by atoms with Crippen LogP contribution >= 0.6 is 0 Å². The molecular formula is C20H28N4O. The Morgan fingerprint density at radius 2 is 1.88 bits per heavy atom. The maximum absolute atomic E-state index is 12.3. The molecule has 0 bridgehead atoms. The number of anilines is 1. The molecule has 0 atom stereocenters. The SMILES string of the molecule is Cc1ccccc1NC(=O)CCc1nnc(CCC(C)C)n1C1CC1. The highest BCUT2D eigenvalue weighted by molar-refractivity contribution is 5.91. The van der Waals surface area contributed by atoms with Crippen molar-refractivity contribution in [3.63, 3.8) is 0 Å². The van der Waals surface area contributed by atoms with Gasteiger partial charge >= 0.3 is 0 Å². The van der Waals surface area contributed by atoms with Crippen LogP contribution in [0.4, 0.5) is 5.69 Å². The average Bonchev–Trinajstić information content (AvgIpc) is 3.33. The van der Waals surface area contributed by atoms with E-state index in [-0.39, 0.29) is 5.91 Å². The van der Waals surface area contributed by atoms with Crippen LogP contribution in [0.1, 0.15) is 62.8 Å². The molecule has 1 aromatic carbocycles. The van der Waals surface area contributed by atoms with E-state index in [2.05, 4.69) is 33.9 Å². The number of carbonyl (C=O) groups is 1. The molecule has 134 valence electrons. The first-order valence-corrected chi connectivity index (χ1v) is 9.32. The molecule has 1 aliphatic carbocycles. The van der Waals surface area contributed by atoms with Gasteiger partial charge in [-0.25, -0.2) is 0 Å². The Hall–Kier alpha value is -2.17. The molecule has 0 aliphatic heterocycles. The van der Waals surface area contributed by atoms with Gasteiger partial charge in [0.15, 0.2) is 0 Å². The predicted molar refractivity (Wildman–Crippen MR) is 99.6 cm³/mol. The third-order valence-electron chi connectivity index (χ3n) is 4.69. The first-order chi connectivity index (χ1) is 12.0. The van der Waals surface area contributed by atoms with Crippen molar-refractivity contribution in [3.8, 4) is 0 Å². The molecule has 1 aliphatic rings. The summed E-state index contributed by atoms with van der Waals surface area (Å²) in [6, 6.07) is 8.39. The summed E-state index contributed by atoms with van der Waals surface area (Å²) < 4.78 is 2.30. The van der Waals surface area contributed by atoms with E-state index >= 15 is 0 Å². The molecular weight excluding hydrogens is 312 g/mol. The number of rotatable bonds is 8. The van der Waals surface area contributed by atoms with Crippen LogP contribution in [0.3, 0.4) is 0 Å². The summed E-state index contributed by atoms with van der Waals surface area (Å²) in [5.74, 6) is 2.74. The molecule has 1 saturated carbocycles. The molecule has 0 unspecified atom stereocenters. The third-order valence-corrected chi connectivity index (χ3v) is 4.69. The number of nitrogens with one attached hydrogen (secondary N) is 1. The first kappa shape index (κ1) is 17.6. The molecule has 1 aromatic heterocycles. The Morgan fingerprint density at radius 3 is 2.52 bits per heavy atom. The zero-order valence-electron chi connectivity index (χ0n) is 15.5. The zero-order chi connectivity index (χ0) is 17.8. The monoisotopic (exact) mass is 340 g/mol. The summed E-state index contributed by atoms with van der Waals surface area (Å²) in [7, 11) is 0. The number of aromatic nitrogens is 3. The van der Waals surface area contributed by atoms with Crippen LogP contribution in [-0.4, -0.2) is 20.7 Å². The van der Waals surface area contributed by atoms with Crippen LogP contribution in [0.25, 0.3) is 0 Å². The van der Waals surface area contributed by atoms with E-state index in [4.69, 9.17) is 0 Å². The lowest BCUT2D eigenvalue weighted by Crippen LogP contribution is -2.15. The van der Waals surface area contributed by atoms with Crippen LogP contribution < -0.4 is 5.32 Å². The normalized spacial score (nSPS) is 14.1.